The van der Waals surface area contributed by atoms with Gasteiger partial charge in [-0.3, -0.25) is 4.79 Å². The van der Waals surface area contributed by atoms with Gasteiger partial charge in [0.05, 0.1) is 13.7 Å². The lowest BCUT2D eigenvalue weighted by molar-refractivity contribution is 0.112. The van der Waals surface area contributed by atoms with E-state index in [1.807, 2.05) is 0 Å². The summed E-state index contributed by atoms with van der Waals surface area (Å²) >= 11 is 0. The van der Waals surface area contributed by atoms with Crippen LogP contribution in [0.5, 0.6) is 11.5 Å². The minimum absolute atomic E-state index is 0.330. The van der Waals surface area contributed by atoms with Gasteiger partial charge in [-0.25, -0.2) is 0 Å². The summed E-state index contributed by atoms with van der Waals surface area (Å²) < 4.78 is 10.2. The van der Waals surface area contributed by atoms with Gasteiger partial charge in [0.15, 0.2) is 11.5 Å². The van der Waals surface area contributed by atoms with Gasteiger partial charge in [0, 0.05) is 5.56 Å². The molecule has 0 saturated heterocycles. The maximum absolute atomic E-state index is 10.4. The van der Waals surface area contributed by atoms with Crippen LogP contribution in [0.25, 0.3) is 0 Å². The van der Waals surface area contributed by atoms with Crippen LogP contribution < -0.4 is 9.47 Å². The molecule has 1 aromatic rings. The van der Waals surface area contributed by atoms with E-state index < -0.39 is 0 Å². The van der Waals surface area contributed by atoms with Gasteiger partial charge in [-0.2, -0.15) is 0 Å². The molecule has 0 spiro atoms. The van der Waals surface area contributed by atoms with Crippen molar-refractivity contribution in [2.45, 2.75) is 0 Å². The van der Waals surface area contributed by atoms with E-state index >= 15 is 0 Å². The molecule has 0 N–H and O–H groups in total. The van der Waals surface area contributed by atoms with Crippen molar-refractivity contribution in [1.29, 1.82) is 0 Å². The van der Waals surface area contributed by atoms with E-state index in [4.69, 9.17) is 9.47 Å². The SMILES string of the molecule is [CH2]COc1ccc(C=O)cc1OC. The first-order valence-corrected chi connectivity index (χ1v) is 3.87. The molecule has 3 heteroatoms. The van der Waals surface area contributed by atoms with E-state index in [1.165, 1.54) is 7.11 Å². The van der Waals surface area contributed by atoms with Crippen molar-refractivity contribution in [3.05, 3.63) is 30.7 Å². The first-order chi connectivity index (χ1) is 6.31. The predicted octanol–water partition coefficient (Wildman–Crippen LogP) is 1.72. The second kappa shape index (κ2) is 4.50. The van der Waals surface area contributed by atoms with Crippen molar-refractivity contribution in [3.63, 3.8) is 0 Å². The Morgan fingerprint density at radius 1 is 1.46 bits per heavy atom. The van der Waals surface area contributed by atoms with Crippen LogP contribution in [0.2, 0.25) is 0 Å². The molecule has 0 aliphatic heterocycles. The highest BCUT2D eigenvalue weighted by Crippen LogP contribution is 2.27. The van der Waals surface area contributed by atoms with Crippen LogP contribution in [0, 0.1) is 6.92 Å². The molecule has 0 saturated carbocycles. The molecule has 69 valence electrons. The fraction of sp³-hybridized carbons (Fsp3) is 0.200. The van der Waals surface area contributed by atoms with Gasteiger partial charge in [0.2, 0.25) is 0 Å². The van der Waals surface area contributed by atoms with Crippen LogP contribution in [-0.2, 0) is 0 Å². The van der Waals surface area contributed by atoms with Crippen LogP contribution in [-0.4, -0.2) is 20.0 Å². The summed E-state index contributed by atoms with van der Waals surface area (Å²) in [5.74, 6) is 1.15. The van der Waals surface area contributed by atoms with Crippen molar-refractivity contribution in [3.8, 4) is 11.5 Å². The lowest BCUT2D eigenvalue weighted by atomic mass is 10.2. The molecule has 1 rings (SSSR count). The van der Waals surface area contributed by atoms with Gasteiger partial charge in [0.1, 0.15) is 6.29 Å². The van der Waals surface area contributed by atoms with E-state index in [2.05, 4.69) is 6.92 Å². The topological polar surface area (TPSA) is 35.5 Å². The quantitative estimate of drug-likeness (QED) is 0.660. The highest BCUT2D eigenvalue weighted by molar-refractivity contribution is 5.76. The third kappa shape index (κ3) is 2.21. The molecule has 0 bridgehead atoms. The maximum atomic E-state index is 10.4. The summed E-state index contributed by atoms with van der Waals surface area (Å²) in [6.45, 7) is 3.88. The van der Waals surface area contributed by atoms with Crippen molar-refractivity contribution in [2.24, 2.45) is 0 Å². The van der Waals surface area contributed by atoms with Crippen molar-refractivity contribution >= 4 is 6.29 Å². The Bertz CT molecular complexity index is 294. The smallest absolute Gasteiger partial charge is 0.161 e. The fourth-order valence-electron chi connectivity index (χ4n) is 0.987. The third-order valence-electron chi connectivity index (χ3n) is 1.58. The Morgan fingerprint density at radius 2 is 2.23 bits per heavy atom. The van der Waals surface area contributed by atoms with Gasteiger partial charge < -0.3 is 9.47 Å². The third-order valence-corrected chi connectivity index (χ3v) is 1.58. The molecule has 0 aliphatic rings. The molecular weight excluding hydrogens is 168 g/mol. The summed E-state index contributed by atoms with van der Waals surface area (Å²) in [4.78, 5) is 10.4. The number of hydrogen-bond acceptors (Lipinski definition) is 3. The van der Waals surface area contributed by atoms with E-state index in [9.17, 15) is 4.79 Å². The summed E-state index contributed by atoms with van der Waals surface area (Å²) in [5, 5.41) is 0. The first-order valence-electron chi connectivity index (χ1n) is 3.87. The number of ether oxygens (including phenoxy) is 2. The van der Waals surface area contributed by atoms with Crippen molar-refractivity contribution in [2.75, 3.05) is 13.7 Å². The minimum atomic E-state index is 0.330. The van der Waals surface area contributed by atoms with Crippen LogP contribution in [0.4, 0.5) is 0 Å². The number of benzene rings is 1. The lowest BCUT2D eigenvalue weighted by Crippen LogP contribution is -1.96. The normalized spacial score (nSPS) is 9.38. The predicted molar refractivity (Wildman–Crippen MR) is 49.2 cm³/mol. The molecule has 0 amide bonds. The van der Waals surface area contributed by atoms with Crippen molar-refractivity contribution < 1.29 is 14.3 Å². The van der Waals surface area contributed by atoms with Crippen LogP contribution in [0.15, 0.2) is 18.2 Å². The number of methoxy groups -OCH3 is 1. The molecule has 0 unspecified atom stereocenters. The molecule has 3 nitrogen and oxygen atoms in total. The van der Waals surface area contributed by atoms with Gasteiger partial charge in [-0.05, 0) is 25.1 Å². The summed E-state index contributed by atoms with van der Waals surface area (Å²) in [5.41, 5.74) is 0.563. The van der Waals surface area contributed by atoms with Gasteiger partial charge in [-0.1, -0.05) is 0 Å². The van der Waals surface area contributed by atoms with Crippen molar-refractivity contribution in [1.82, 2.24) is 0 Å². The van der Waals surface area contributed by atoms with E-state index in [1.54, 1.807) is 18.2 Å². The fourth-order valence-corrected chi connectivity index (χ4v) is 0.987. The molecule has 0 atom stereocenters. The second-order valence-corrected chi connectivity index (χ2v) is 2.38. The molecule has 0 heterocycles. The zero-order valence-electron chi connectivity index (χ0n) is 7.45. The molecule has 0 aromatic heterocycles. The lowest BCUT2D eigenvalue weighted by Gasteiger charge is -2.08. The molecule has 1 aromatic carbocycles. The molecule has 13 heavy (non-hydrogen) atoms. The van der Waals surface area contributed by atoms with Gasteiger partial charge in [0.25, 0.3) is 0 Å². The zero-order valence-corrected chi connectivity index (χ0v) is 7.45. The molecule has 0 aliphatic carbocycles. The number of carbonyl (C=O) groups excluding carboxylic acids is 1. The monoisotopic (exact) mass is 179 g/mol. The first kappa shape index (κ1) is 9.58. The van der Waals surface area contributed by atoms with Crippen LogP contribution in [0.3, 0.4) is 0 Å². The number of carbonyl (C=O) groups is 1. The van der Waals surface area contributed by atoms with Gasteiger partial charge >= 0.3 is 0 Å². The van der Waals surface area contributed by atoms with Crippen LogP contribution >= 0.6 is 0 Å². The summed E-state index contributed by atoms with van der Waals surface area (Å²) in [6.07, 6.45) is 0.760. The van der Waals surface area contributed by atoms with E-state index in [0.717, 1.165) is 6.29 Å². The number of rotatable bonds is 4. The highest BCUT2D eigenvalue weighted by Gasteiger charge is 2.03. The summed E-state index contributed by atoms with van der Waals surface area (Å²) in [7, 11) is 1.53. The molecule has 1 radical (unpaired) electrons. The Labute approximate surface area is 77.3 Å². The number of aldehydes is 1. The Kier molecular flexibility index (Phi) is 3.31. The summed E-state index contributed by atoms with van der Waals surface area (Å²) in [6, 6.07) is 4.98. The highest BCUT2D eigenvalue weighted by atomic mass is 16.5. The molecular formula is C10H11O3. The minimum Gasteiger partial charge on any atom is -0.493 e. The Morgan fingerprint density at radius 3 is 2.77 bits per heavy atom. The van der Waals surface area contributed by atoms with E-state index in [0.29, 0.717) is 23.7 Å². The second-order valence-electron chi connectivity index (χ2n) is 2.38. The molecule has 0 fully saturated rings. The average Bonchev–Trinajstić information content (AvgIpc) is 2.19. The zero-order chi connectivity index (χ0) is 9.68. The van der Waals surface area contributed by atoms with E-state index in [-0.39, 0.29) is 0 Å². The Balaban J connectivity index is 3.00. The van der Waals surface area contributed by atoms with Crippen LogP contribution in [0.1, 0.15) is 10.4 Å². The maximum Gasteiger partial charge on any atom is 0.161 e. The standard InChI is InChI=1S/C10H11O3/c1-3-13-9-5-4-8(7-11)6-10(9)12-2/h4-7H,1,3H2,2H3. The largest absolute Gasteiger partial charge is 0.493 e. The number of hydrogen-bond donors (Lipinski definition) is 0. The average molecular weight is 179 g/mol. The van der Waals surface area contributed by atoms with Gasteiger partial charge in [-0.15, -0.1) is 0 Å². The Hall–Kier alpha value is -1.51.